The Morgan fingerprint density at radius 3 is 2.61 bits per heavy atom. The van der Waals surface area contributed by atoms with Gasteiger partial charge < -0.3 is 14.8 Å². The fraction of sp³-hybridized carbons (Fsp3) is 1.00. The van der Waals surface area contributed by atoms with Crippen molar-refractivity contribution in [2.75, 3.05) is 26.4 Å². The molecule has 2 rings (SSSR count). The fourth-order valence-electron chi connectivity index (χ4n) is 3.06. The van der Waals surface area contributed by atoms with Gasteiger partial charge in [-0.1, -0.05) is 6.92 Å². The van der Waals surface area contributed by atoms with E-state index in [1.807, 2.05) is 0 Å². The second-order valence-corrected chi connectivity index (χ2v) is 5.71. The minimum atomic E-state index is 0.410. The molecule has 0 aromatic carbocycles. The fourth-order valence-corrected chi connectivity index (χ4v) is 3.06. The molecular formula is C15H29NO2. The second-order valence-electron chi connectivity index (χ2n) is 5.71. The van der Waals surface area contributed by atoms with Gasteiger partial charge in [-0.3, -0.25) is 0 Å². The summed E-state index contributed by atoms with van der Waals surface area (Å²) in [4.78, 5) is 0. The summed E-state index contributed by atoms with van der Waals surface area (Å²) in [6.45, 7) is 8.13. The summed E-state index contributed by atoms with van der Waals surface area (Å²) < 4.78 is 11.7. The molecule has 2 aliphatic rings. The Labute approximate surface area is 112 Å². The molecule has 3 atom stereocenters. The molecule has 106 valence electrons. The third kappa shape index (κ3) is 3.94. The molecule has 1 aliphatic heterocycles. The first-order valence-corrected chi connectivity index (χ1v) is 7.79. The molecule has 0 amide bonds. The van der Waals surface area contributed by atoms with Crippen LogP contribution in [0.5, 0.6) is 0 Å². The normalized spacial score (nSPS) is 28.0. The average molecular weight is 255 g/mol. The van der Waals surface area contributed by atoms with E-state index >= 15 is 0 Å². The highest BCUT2D eigenvalue weighted by Crippen LogP contribution is 2.38. The van der Waals surface area contributed by atoms with Crippen molar-refractivity contribution in [3.05, 3.63) is 0 Å². The highest BCUT2D eigenvalue weighted by atomic mass is 16.5. The van der Waals surface area contributed by atoms with Gasteiger partial charge >= 0.3 is 0 Å². The van der Waals surface area contributed by atoms with Gasteiger partial charge in [0.25, 0.3) is 0 Å². The molecule has 18 heavy (non-hydrogen) atoms. The topological polar surface area (TPSA) is 30.5 Å². The summed E-state index contributed by atoms with van der Waals surface area (Å²) in [6.07, 6.45) is 6.79. The maximum absolute atomic E-state index is 6.06. The van der Waals surface area contributed by atoms with Crippen LogP contribution in [0.3, 0.4) is 0 Å². The van der Waals surface area contributed by atoms with Gasteiger partial charge in [0.1, 0.15) is 0 Å². The van der Waals surface area contributed by atoms with Gasteiger partial charge in [0.15, 0.2) is 0 Å². The summed E-state index contributed by atoms with van der Waals surface area (Å²) in [6, 6.07) is 0.498. The zero-order valence-corrected chi connectivity index (χ0v) is 12.0. The Morgan fingerprint density at radius 2 is 2.06 bits per heavy atom. The van der Waals surface area contributed by atoms with E-state index in [0.717, 1.165) is 32.3 Å². The molecule has 1 saturated heterocycles. The minimum Gasteiger partial charge on any atom is -0.381 e. The minimum absolute atomic E-state index is 0.410. The maximum Gasteiger partial charge on any atom is 0.0759 e. The van der Waals surface area contributed by atoms with Crippen molar-refractivity contribution in [1.82, 2.24) is 5.32 Å². The summed E-state index contributed by atoms with van der Waals surface area (Å²) in [5.74, 6) is 1.43. The van der Waals surface area contributed by atoms with Crippen LogP contribution in [0.25, 0.3) is 0 Å². The monoisotopic (exact) mass is 255 g/mol. The van der Waals surface area contributed by atoms with Crippen LogP contribution in [0.2, 0.25) is 0 Å². The van der Waals surface area contributed by atoms with E-state index in [-0.39, 0.29) is 0 Å². The molecule has 1 saturated carbocycles. The van der Waals surface area contributed by atoms with Crippen molar-refractivity contribution in [3.8, 4) is 0 Å². The smallest absolute Gasteiger partial charge is 0.0759 e. The Balaban J connectivity index is 1.96. The van der Waals surface area contributed by atoms with Crippen LogP contribution in [-0.4, -0.2) is 38.5 Å². The first kappa shape index (κ1) is 14.3. The lowest BCUT2D eigenvalue weighted by Crippen LogP contribution is -2.50. The molecule has 0 spiro atoms. The number of nitrogens with one attached hydrogen (secondary N) is 1. The van der Waals surface area contributed by atoms with Gasteiger partial charge in [0.05, 0.1) is 12.7 Å². The molecule has 0 bridgehead atoms. The summed E-state index contributed by atoms with van der Waals surface area (Å²) in [7, 11) is 0. The van der Waals surface area contributed by atoms with E-state index in [9.17, 15) is 0 Å². The molecule has 1 heterocycles. The first-order valence-electron chi connectivity index (χ1n) is 7.79. The van der Waals surface area contributed by atoms with Crippen LogP contribution in [0.4, 0.5) is 0 Å². The number of ether oxygens (including phenoxy) is 2. The van der Waals surface area contributed by atoms with Crippen LogP contribution in [-0.2, 0) is 9.47 Å². The zero-order chi connectivity index (χ0) is 12.8. The molecule has 3 heteroatoms. The van der Waals surface area contributed by atoms with Crippen molar-refractivity contribution in [2.45, 2.75) is 58.1 Å². The van der Waals surface area contributed by atoms with E-state index in [4.69, 9.17) is 9.47 Å². The predicted molar refractivity (Wildman–Crippen MR) is 73.8 cm³/mol. The summed E-state index contributed by atoms with van der Waals surface area (Å²) in [5, 5.41) is 3.74. The Bertz CT molecular complexity index is 225. The molecule has 1 aliphatic carbocycles. The van der Waals surface area contributed by atoms with E-state index in [0.29, 0.717) is 18.1 Å². The molecule has 1 N–H and O–H groups in total. The largest absolute Gasteiger partial charge is 0.381 e. The molecule has 0 aromatic heterocycles. The van der Waals surface area contributed by atoms with E-state index in [1.165, 1.54) is 32.1 Å². The first-order chi connectivity index (χ1) is 8.86. The standard InChI is InChI=1S/C15H29NO2/c1-3-9-16-14(13-6-5-10-17-11-13)15(18-4-2)12-7-8-12/h12-16H,3-11H2,1-2H3. The van der Waals surface area contributed by atoms with Crippen LogP contribution in [0.1, 0.15) is 46.0 Å². The van der Waals surface area contributed by atoms with Crippen molar-refractivity contribution >= 4 is 0 Å². The Hall–Kier alpha value is -0.120. The number of hydrogen-bond acceptors (Lipinski definition) is 3. The quantitative estimate of drug-likeness (QED) is 0.723. The van der Waals surface area contributed by atoms with E-state index in [1.54, 1.807) is 0 Å². The highest BCUT2D eigenvalue weighted by molar-refractivity contribution is 4.94. The average Bonchev–Trinajstić information content (AvgIpc) is 3.23. The van der Waals surface area contributed by atoms with Gasteiger partial charge in [-0.25, -0.2) is 0 Å². The molecule has 2 fully saturated rings. The molecule has 3 nitrogen and oxygen atoms in total. The summed E-state index contributed by atoms with van der Waals surface area (Å²) in [5.41, 5.74) is 0. The molecule has 3 unspecified atom stereocenters. The SMILES string of the molecule is CCCNC(C1CCCOC1)C(OCC)C1CC1. The predicted octanol–water partition coefficient (Wildman–Crippen LogP) is 2.60. The summed E-state index contributed by atoms with van der Waals surface area (Å²) >= 11 is 0. The van der Waals surface area contributed by atoms with E-state index < -0.39 is 0 Å². The molecule has 0 aromatic rings. The Morgan fingerprint density at radius 1 is 1.22 bits per heavy atom. The van der Waals surface area contributed by atoms with Crippen molar-refractivity contribution in [1.29, 1.82) is 0 Å². The third-order valence-corrected chi connectivity index (χ3v) is 4.13. The van der Waals surface area contributed by atoms with Gasteiger partial charge in [-0.15, -0.1) is 0 Å². The lowest BCUT2D eigenvalue weighted by molar-refractivity contribution is -0.0318. The van der Waals surface area contributed by atoms with Crippen molar-refractivity contribution in [3.63, 3.8) is 0 Å². The lowest BCUT2D eigenvalue weighted by Gasteiger charge is -2.36. The van der Waals surface area contributed by atoms with Gasteiger partial charge in [-0.05, 0) is 51.5 Å². The maximum atomic E-state index is 6.06. The number of hydrogen-bond donors (Lipinski definition) is 1. The van der Waals surface area contributed by atoms with Crippen LogP contribution >= 0.6 is 0 Å². The van der Waals surface area contributed by atoms with Gasteiger partial charge in [-0.2, -0.15) is 0 Å². The lowest BCUT2D eigenvalue weighted by atomic mass is 9.88. The van der Waals surface area contributed by atoms with Crippen LogP contribution in [0.15, 0.2) is 0 Å². The van der Waals surface area contributed by atoms with Crippen molar-refractivity contribution < 1.29 is 9.47 Å². The Kier molecular flexibility index (Phi) is 5.93. The molecular weight excluding hydrogens is 226 g/mol. The van der Waals surface area contributed by atoms with Gasteiger partial charge in [0, 0.05) is 25.2 Å². The number of rotatable bonds is 8. The molecule has 0 radical (unpaired) electrons. The van der Waals surface area contributed by atoms with E-state index in [2.05, 4.69) is 19.2 Å². The van der Waals surface area contributed by atoms with Crippen LogP contribution < -0.4 is 5.32 Å². The van der Waals surface area contributed by atoms with Crippen LogP contribution in [0, 0.1) is 11.8 Å². The van der Waals surface area contributed by atoms with Gasteiger partial charge in [0.2, 0.25) is 0 Å². The third-order valence-electron chi connectivity index (χ3n) is 4.13. The highest BCUT2D eigenvalue weighted by Gasteiger charge is 2.40. The zero-order valence-electron chi connectivity index (χ0n) is 12.0. The second kappa shape index (κ2) is 7.46. The van der Waals surface area contributed by atoms with Crippen molar-refractivity contribution in [2.24, 2.45) is 11.8 Å².